The first-order chi connectivity index (χ1) is 12.5. The summed E-state index contributed by atoms with van der Waals surface area (Å²) in [7, 11) is 0. The minimum Gasteiger partial charge on any atom is -0.357 e. The molecular formula is C21H44IN5. The number of piperazine rings is 1. The Kier molecular flexibility index (Phi) is 12.2. The van der Waals surface area contributed by atoms with Crippen molar-refractivity contribution < 1.29 is 0 Å². The molecule has 0 aromatic rings. The van der Waals surface area contributed by atoms with Crippen LogP contribution in [-0.4, -0.2) is 86.1 Å². The number of likely N-dealkylation sites (N-methyl/N-ethyl adjacent to an activating group) is 1. The maximum Gasteiger partial charge on any atom is 0.193 e. The summed E-state index contributed by atoms with van der Waals surface area (Å²) in [6.45, 7) is 22.9. The highest BCUT2D eigenvalue weighted by Gasteiger charge is 2.25. The molecule has 0 spiro atoms. The highest BCUT2D eigenvalue weighted by molar-refractivity contribution is 14.0. The van der Waals surface area contributed by atoms with Crippen molar-refractivity contribution in [1.82, 2.24) is 20.0 Å². The quantitative estimate of drug-likeness (QED) is 0.320. The fraction of sp³-hybridized carbons (Fsp3) is 0.952. The normalized spacial score (nSPS) is 23.6. The van der Waals surface area contributed by atoms with Crippen molar-refractivity contribution in [3.8, 4) is 0 Å². The van der Waals surface area contributed by atoms with Gasteiger partial charge in [-0.15, -0.1) is 24.0 Å². The van der Waals surface area contributed by atoms with Gasteiger partial charge in [-0.05, 0) is 44.1 Å². The van der Waals surface area contributed by atoms with E-state index in [-0.39, 0.29) is 24.0 Å². The highest BCUT2D eigenvalue weighted by Crippen LogP contribution is 2.23. The Hall–Kier alpha value is -0.0800. The third kappa shape index (κ3) is 8.86. The van der Waals surface area contributed by atoms with Gasteiger partial charge in [-0.2, -0.15) is 0 Å². The number of guanidine groups is 1. The van der Waals surface area contributed by atoms with Crippen molar-refractivity contribution in [2.75, 3.05) is 65.4 Å². The van der Waals surface area contributed by atoms with Gasteiger partial charge in [0, 0.05) is 58.9 Å². The molecule has 0 radical (unpaired) electrons. The van der Waals surface area contributed by atoms with Gasteiger partial charge in [0.05, 0.1) is 0 Å². The number of nitrogens with zero attached hydrogens (tertiary/aromatic N) is 4. The molecule has 2 aliphatic heterocycles. The monoisotopic (exact) mass is 493 g/mol. The maximum absolute atomic E-state index is 5.00. The van der Waals surface area contributed by atoms with Gasteiger partial charge in [0.1, 0.15) is 0 Å². The van der Waals surface area contributed by atoms with E-state index in [4.69, 9.17) is 4.99 Å². The molecule has 2 saturated heterocycles. The molecule has 0 amide bonds. The van der Waals surface area contributed by atoms with E-state index in [9.17, 15) is 0 Å². The number of hydrogen-bond donors (Lipinski definition) is 1. The molecule has 2 heterocycles. The summed E-state index contributed by atoms with van der Waals surface area (Å²) >= 11 is 0. The van der Waals surface area contributed by atoms with Crippen molar-refractivity contribution in [3.05, 3.63) is 0 Å². The second-order valence-corrected chi connectivity index (χ2v) is 8.76. The van der Waals surface area contributed by atoms with Crippen LogP contribution in [0.1, 0.15) is 47.5 Å². The van der Waals surface area contributed by atoms with E-state index in [2.05, 4.69) is 54.6 Å². The summed E-state index contributed by atoms with van der Waals surface area (Å²) < 4.78 is 0. The molecule has 6 heteroatoms. The van der Waals surface area contributed by atoms with Gasteiger partial charge >= 0.3 is 0 Å². The van der Waals surface area contributed by atoms with Gasteiger partial charge < -0.3 is 20.0 Å². The van der Waals surface area contributed by atoms with E-state index in [1.165, 1.54) is 58.7 Å². The van der Waals surface area contributed by atoms with E-state index in [1.54, 1.807) is 0 Å². The molecule has 0 aromatic carbocycles. The number of rotatable bonds is 8. The van der Waals surface area contributed by atoms with Crippen LogP contribution in [-0.2, 0) is 0 Å². The Labute approximate surface area is 185 Å². The Morgan fingerprint density at radius 1 is 1.04 bits per heavy atom. The standard InChI is InChI=1S/C21H43N5.HI/c1-6-22-21(26-9-8-20(17-26)14-18(3)4)23-15-19(5)16-25-12-10-24(7-2)11-13-25;/h18-20H,6-17H2,1-5H3,(H,22,23);1H. The third-order valence-electron chi connectivity index (χ3n) is 5.76. The summed E-state index contributed by atoms with van der Waals surface area (Å²) in [6, 6.07) is 0. The molecule has 27 heavy (non-hydrogen) atoms. The largest absolute Gasteiger partial charge is 0.357 e. The third-order valence-corrected chi connectivity index (χ3v) is 5.76. The second kappa shape index (κ2) is 13.2. The second-order valence-electron chi connectivity index (χ2n) is 8.76. The van der Waals surface area contributed by atoms with Crippen LogP contribution in [0.15, 0.2) is 4.99 Å². The summed E-state index contributed by atoms with van der Waals surface area (Å²) in [5.74, 6) is 3.39. The minimum absolute atomic E-state index is 0. The fourth-order valence-electron chi connectivity index (χ4n) is 4.34. The van der Waals surface area contributed by atoms with Crippen LogP contribution >= 0.6 is 24.0 Å². The first kappa shape index (κ1) is 25.0. The number of nitrogens with one attached hydrogen (secondary N) is 1. The van der Waals surface area contributed by atoms with Crippen LogP contribution in [0.25, 0.3) is 0 Å². The maximum atomic E-state index is 5.00. The predicted octanol–water partition coefficient (Wildman–Crippen LogP) is 3.21. The van der Waals surface area contributed by atoms with Crippen LogP contribution in [0, 0.1) is 17.8 Å². The molecule has 2 rings (SSSR count). The zero-order valence-electron chi connectivity index (χ0n) is 18.4. The summed E-state index contributed by atoms with van der Waals surface area (Å²) in [5.41, 5.74) is 0. The van der Waals surface area contributed by atoms with E-state index < -0.39 is 0 Å². The predicted molar refractivity (Wildman–Crippen MR) is 128 cm³/mol. The zero-order valence-corrected chi connectivity index (χ0v) is 20.7. The SMILES string of the molecule is CCNC(=NCC(C)CN1CCN(CC)CC1)N1CCC(CC(C)C)C1.I. The molecule has 2 unspecified atom stereocenters. The Balaban J connectivity index is 0.00000364. The van der Waals surface area contributed by atoms with Crippen LogP contribution in [0.2, 0.25) is 0 Å². The van der Waals surface area contributed by atoms with Crippen LogP contribution in [0.5, 0.6) is 0 Å². The van der Waals surface area contributed by atoms with Crippen molar-refractivity contribution in [2.45, 2.75) is 47.5 Å². The van der Waals surface area contributed by atoms with E-state index in [1.807, 2.05) is 0 Å². The lowest BCUT2D eigenvalue weighted by Gasteiger charge is -2.35. The molecular weight excluding hydrogens is 449 g/mol. The van der Waals surface area contributed by atoms with Gasteiger partial charge in [0.25, 0.3) is 0 Å². The lowest BCUT2D eigenvalue weighted by Crippen LogP contribution is -2.47. The number of hydrogen-bond acceptors (Lipinski definition) is 3. The summed E-state index contributed by atoms with van der Waals surface area (Å²) in [4.78, 5) is 12.7. The van der Waals surface area contributed by atoms with Crippen LogP contribution in [0.3, 0.4) is 0 Å². The average molecular weight is 494 g/mol. The molecule has 2 atom stereocenters. The molecule has 5 nitrogen and oxygen atoms in total. The molecule has 0 bridgehead atoms. The van der Waals surface area contributed by atoms with E-state index in [0.717, 1.165) is 37.4 Å². The first-order valence-corrected chi connectivity index (χ1v) is 11.0. The highest BCUT2D eigenvalue weighted by atomic mass is 127. The molecule has 1 N–H and O–H groups in total. The lowest BCUT2D eigenvalue weighted by atomic mass is 9.97. The fourth-order valence-corrected chi connectivity index (χ4v) is 4.34. The summed E-state index contributed by atoms with van der Waals surface area (Å²) in [5, 5.41) is 3.53. The van der Waals surface area contributed by atoms with Gasteiger partial charge in [-0.25, -0.2) is 0 Å². The van der Waals surface area contributed by atoms with Crippen molar-refractivity contribution in [2.24, 2.45) is 22.7 Å². The number of halogens is 1. The minimum atomic E-state index is 0. The molecule has 2 aliphatic rings. The lowest BCUT2D eigenvalue weighted by molar-refractivity contribution is 0.125. The van der Waals surface area contributed by atoms with Gasteiger partial charge in [-0.1, -0.05) is 27.7 Å². The van der Waals surface area contributed by atoms with E-state index in [0.29, 0.717) is 5.92 Å². The molecule has 0 aliphatic carbocycles. The number of likely N-dealkylation sites (tertiary alicyclic amines) is 1. The Bertz CT molecular complexity index is 421. The Morgan fingerprint density at radius 2 is 1.70 bits per heavy atom. The average Bonchev–Trinajstić information content (AvgIpc) is 3.06. The molecule has 0 saturated carbocycles. The van der Waals surface area contributed by atoms with Crippen molar-refractivity contribution >= 4 is 29.9 Å². The van der Waals surface area contributed by atoms with Crippen LogP contribution < -0.4 is 5.32 Å². The van der Waals surface area contributed by atoms with Crippen molar-refractivity contribution in [3.63, 3.8) is 0 Å². The molecule has 0 aromatic heterocycles. The van der Waals surface area contributed by atoms with Crippen LogP contribution in [0.4, 0.5) is 0 Å². The van der Waals surface area contributed by atoms with Gasteiger partial charge in [0.15, 0.2) is 5.96 Å². The zero-order chi connectivity index (χ0) is 18.9. The summed E-state index contributed by atoms with van der Waals surface area (Å²) in [6.07, 6.45) is 2.66. The van der Waals surface area contributed by atoms with Crippen molar-refractivity contribution in [1.29, 1.82) is 0 Å². The topological polar surface area (TPSA) is 34.1 Å². The Morgan fingerprint density at radius 3 is 2.30 bits per heavy atom. The van der Waals surface area contributed by atoms with Gasteiger partial charge in [-0.3, -0.25) is 4.99 Å². The van der Waals surface area contributed by atoms with Gasteiger partial charge in [0.2, 0.25) is 0 Å². The smallest absolute Gasteiger partial charge is 0.193 e. The molecule has 160 valence electrons. The number of aliphatic imine (C=N–C) groups is 1. The van der Waals surface area contributed by atoms with E-state index >= 15 is 0 Å². The first-order valence-electron chi connectivity index (χ1n) is 11.0. The molecule has 2 fully saturated rings.